The maximum Gasteiger partial charge on any atom is 0.227 e. The van der Waals surface area contributed by atoms with Gasteiger partial charge in [-0.05, 0) is 19.1 Å². The average Bonchev–Trinajstić information content (AvgIpc) is 2.27. The van der Waals surface area contributed by atoms with E-state index in [1.165, 1.54) is 0 Å². The van der Waals surface area contributed by atoms with E-state index < -0.39 is 0 Å². The first kappa shape index (κ1) is 10.7. The topological polar surface area (TPSA) is 63.8 Å². The molecule has 1 aromatic carbocycles. The van der Waals surface area contributed by atoms with E-state index in [1.54, 1.807) is 12.3 Å². The number of benzene rings is 1. The number of anilines is 3. The minimum absolute atomic E-state index is 0.486. The second-order valence-corrected chi connectivity index (χ2v) is 3.75. The van der Waals surface area contributed by atoms with Crippen LogP contribution in [0.4, 0.5) is 17.3 Å². The maximum atomic E-state index is 6.00. The van der Waals surface area contributed by atoms with E-state index in [0.29, 0.717) is 16.7 Å². The van der Waals surface area contributed by atoms with Gasteiger partial charge in [0.05, 0.1) is 28.3 Å². The lowest BCUT2D eigenvalue weighted by Crippen LogP contribution is -2.01. The van der Waals surface area contributed by atoms with E-state index in [4.69, 9.17) is 17.3 Å². The Kier molecular flexibility index (Phi) is 2.92. The van der Waals surface area contributed by atoms with E-state index >= 15 is 0 Å². The summed E-state index contributed by atoms with van der Waals surface area (Å²) in [4.78, 5) is 8.27. The molecular formula is C11H11ClN4. The van der Waals surface area contributed by atoms with Crippen molar-refractivity contribution in [3.63, 3.8) is 0 Å². The molecule has 0 fully saturated rings. The van der Waals surface area contributed by atoms with Crippen LogP contribution in [0.15, 0.2) is 30.5 Å². The number of rotatable bonds is 2. The van der Waals surface area contributed by atoms with Crippen LogP contribution in [-0.2, 0) is 0 Å². The zero-order valence-electron chi connectivity index (χ0n) is 8.74. The van der Waals surface area contributed by atoms with Gasteiger partial charge in [0.1, 0.15) is 0 Å². The number of nitrogen functional groups attached to an aromatic ring is 1. The summed E-state index contributed by atoms with van der Waals surface area (Å²) in [7, 11) is 0. The van der Waals surface area contributed by atoms with Crippen LogP contribution in [0.5, 0.6) is 0 Å². The van der Waals surface area contributed by atoms with Gasteiger partial charge in [-0.25, -0.2) is 9.97 Å². The Morgan fingerprint density at radius 3 is 2.75 bits per heavy atom. The Morgan fingerprint density at radius 2 is 2.06 bits per heavy atom. The molecule has 1 aromatic heterocycles. The number of nitrogens with one attached hydrogen (secondary N) is 1. The molecule has 0 aliphatic rings. The van der Waals surface area contributed by atoms with Crippen LogP contribution in [0.25, 0.3) is 0 Å². The molecule has 5 heteroatoms. The molecule has 2 aromatic rings. The zero-order valence-corrected chi connectivity index (χ0v) is 9.49. The van der Waals surface area contributed by atoms with Gasteiger partial charge in [-0.1, -0.05) is 23.7 Å². The molecule has 0 bridgehead atoms. The highest BCUT2D eigenvalue weighted by atomic mass is 35.5. The van der Waals surface area contributed by atoms with E-state index in [0.717, 1.165) is 11.4 Å². The average molecular weight is 235 g/mol. The highest BCUT2D eigenvalue weighted by Gasteiger charge is 2.03. The number of hydrogen-bond acceptors (Lipinski definition) is 4. The zero-order chi connectivity index (χ0) is 11.5. The largest absolute Gasteiger partial charge is 0.396 e. The molecule has 2 rings (SSSR count). The van der Waals surface area contributed by atoms with E-state index in [9.17, 15) is 0 Å². The molecule has 82 valence electrons. The van der Waals surface area contributed by atoms with Gasteiger partial charge in [-0.3, -0.25) is 0 Å². The summed E-state index contributed by atoms with van der Waals surface area (Å²) in [5.41, 5.74) is 7.72. The number of halogens is 1. The van der Waals surface area contributed by atoms with Crippen LogP contribution >= 0.6 is 11.6 Å². The minimum Gasteiger partial charge on any atom is -0.396 e. The van der Waals surface area contributed by atoms with Crippen molar-refractivity contribution in [3.05, 3.63) is 41.2 Å². The molecule has 0 aliphatic carbocycles. The van der Waals surface area contributed by atoms with Crippen molar-refractivity contribution in [3.8, 4) is 0 Å². The number of para-hydroxylation sites is 1. The van der Waals surface area contributed by atoms with Gasteiger partial charge >= 0.3 is 0 Å². The maximum absolute atomic E-state index is 6.00. The van der Waals surface area contributed by atoms with Gasteiger partial charge in [0.15, 0.2) is 0 Å². The van der Waals surface area contributed by atoms with Gasteiger partial charge in [-0.15, -0.1) is 0 Å². The Balaban J connectivity index is 2.28. The van der Waals surface area contributed by atoms with Crippen molar-refractivity contribution in [2.45, 2.75) is 6.92 Å². The van der Waals surface area contributed by atoms with E-state index in [-0.39, 0.29) is 0 Å². The third-order valence-electron chi connectivity index (χ3n) is 2.14. The van der Waals surface area contributed by atoms with Crippen molar-refractivity contribution in [2.24, 2.45) is 0 Å². The molecule has 0 spiro atoms. The van der Waals surface area contributed by atoms with Crippen molar-refractivity contribution in [1.82, 2.24) is 9.97 Å². The highest BCUT2D eigenvalue weighted by Crippen LogP contribution is 2.23. The lowest BCUT2D eigenvalue weighted by molar-refractivity contribution is 1.11. The first-order valence-electron chi connectivity index (χ1n) is 4.77. The van der Waals surface area contributed by atoms with E-state index in [2.05, 4.69) is 15.3 Å². The summed E-state index contributed by atoms with van der Waals surface area (Å²) in [5.74, 6) is 0.486. The predicted molar refractivity (Wildman–Crippen MR) is 65.9 cm³/mol. The smallest absolute Gasteiger partial charge is 0.227 e. The summed E-state index contributed by atoms with van der Waals surface area (Å²) in [6.07, 6.45) is 1.57. The van der Waals surface area contributed by atoms with Crippen LogP contribution < -0.4 is 11.1 Å². The quantitative estimate of drug-likeness (QED) is 0.839. The van der Waals surface area contributed by atoms with Crippen molar-refractivity contribution < 1.29 is 0 Å². The SMILES string of the molecule is Cc1nc(Nc2ccccc2Cl)ncc1N. The number of nitrogens with two attached hydrogens (primary N) is 1. The molecular weight excluding hydrogens is 224 g/mol. The van der Waals surface area contributed by atoms with Crippen LogP contribution in [-0.4, -0.2) is 9.97 Å². The summed E-state index contributed by atoms with van der Waals surface area (Å²) in [5, 5.41) is 3.66. The summed E-state index contributed by atoms with van der Waals surface area (Å²) < 4.78 is 0. The Bertz CT molecular complexity index is 513. The summed E-state index contributed by atoms with van der Waals surface area (Å²) >= 11 is 6.00. The second-order valence-electron chi connectivity index (χ2n) is 3.34. The Morgan fingerprint density at radius 1 is 1.31 bits per heavy atom. The van der Waals surface area contributed by atoms with Crippen molar-refractivity contribution >= 4 is 28.9 Å². The normalized spacial score (nSPS) is 10.1. The molecule has 0 saturated heterocycles. The molecule has 0 amide bonds. The van der Waals surface area contributed by atoms with Gasteiger partial charge in [-0.2, -0.15) is 0 Å². The molecule has 16 heavy (non-hydrogen) atoms. The minimum atomic E-state index is 0.486. The molecule has 0 radical (unpaired) electrons. The van der Waals surface area contributed by atoms with Crippen molar-refractivity contribution in [2.75, 3.05) is 11.1 Å². The molecule has 0 atom stereocenters. The first-order chi connectivity index (χ1) is 7.66. The molecule has 3 N–H and O–H groups in total. The molecule has 0 unspecified atom stereocenters. The predicted octanol–water partition coefficient (Wildman–Crippen LogP) is 2.76. The fourth-order valence-corrected chi connectivity index (χ4v) is 1.40. The molecule has 4 nitrogen and oxygen atoms in total. The number of aryl methyl sites for hydroxylation is 1. The van der Waals surface area contributed by atoms with E-state index in [1.807, 2.05) is 25.1 Å². The molecule has 0 saturated carbocycles. The van der Waals surface area contributed by atoms with Crippen LogP contribution in [0, 0.1) is 6.92 Å². The number of nitrogens with zero attached hydrogens (tertiary/aromatic N) is 2. The van der Waals surface area contributed by atoms with Crippen molar-refractivity contribution in [1.29, 1.82) is 0 Å². The monoisotopic (exact) mass is 234 g/mol. The van der Waals surface area contributed by atoms with Crippen LogP contribution in [0.2, 0.25) is 5.02 Å². The van der Waals surface area contributed by atoms with Crippen LogP contribution in [0.3, 0.4) is 0 Å². The Hall–Kier alpha value is -1.81. The first-order valence-corrected chi connectivity index (χ1v) is 5.15. The number of hydrogen-bond donors (Lipinski definition) is 2. The summed E-state index contributed by atoms with van der Waals surface area (Å²) in [6, 6.07) is 7.41. The van der Waals surface area contributed by atoms with Gasteiger partial charge in [0, 0.05) is 0 Å². The number of aromatic nitrogens is 2. The lowest BCUT2D eigenvalue weighted by Gasteiger charge is -2.07. The van der Waals surface area contributed by atoms with Gasteiger partial charge < -0.3 is 11.1 Å². The van der Waals surface area contributed by atoms with Gasteiger partial charge in [0.2, 0.25) is 5.95 Å². The third-order valence-corrected chi connectivity index (χ3v) is 2.47. The van der Waals surface area contributed by atoms with Crippen LogP contribution in [0.1, 0.15) is 5.69 Å². The fraction of sp³-hybridized carbons (Fsp3) is 0.0909. The fourth-order valence-electron chi connectivity index (χ4n) is 1.22. The second kappa shape index (κ2) is 4.37. The molecule has 1 heterocycles. The third kappa shape index (κ3) is 2.23. The lowest BCUT2D eigenvalue weighted by atomic mass is 10.3. The standard InChI is InChI=1S/C11H11ClN4/c1-7-9(13)6-14-11(15-7)16-10-5-3-2-4-8(10)12/h2-6H,13H2,1H3,(H,14,15,16). The van der Waals surface area contributed by atoms with Gasteiger partial charge in [0.25, 0.3) is 0 Å². The Labute approximate surface area is 98.5 Å². The molecule has 0 aliphatic heterocycles. The summed E-state index contributed by atoms with van der Waals surface area (Å²) in [6.45, 7) is 1.83. The highest BCUT2D eigenvalue weighted by molar-refractivity contribution is 6.33.